The number of nitrogens with two attached hydrogens (primary N) is 1. The average molecular weight is 465 g/mol. The molecule has 0 aliphatic heterocycles. The number of sulfonamides is 1. The SMILES string of the molecule is CC/C=C\C/C=C\C/C=C\C/C=C\C/C=C\CCCC(=O)Nc1nnc(S(N)(=O)=O)s1. The van der Waals surface area contributed by atoms with E-state index in [0.717, 1.165) is 49.9 Å². The molecule has 1 heterocycles. The van der Waals surface area contributed by atoms with E-state index in [1.54, 1.807) is 0 Å². The van der Waals surface area contributed by atoms with Crippen molar-refractivity contribution in [2.75, 3.05) is 5.32 Å². The number of allylic oxidation sites excluding steroid dienone is 10. The second-order valence-electron chi connectivity index (χ2n) is 6.57. The summed E-state index contributed by atoms with van der Waals surface area (Å²) in [5.41, 5.74) is 0. The van der Waals surface area contributed by atoms with Crippen LogP contribution in [0.4, 0.5) is 5.13 Å². The summed E-state index contributed by atoms with van der Waals surface area (Å²) in [5.74, 6) is -0.232. The molecule has 1 aromatic rings. The van der Waals surface area contributed by atoms with Crippen molar-refractivity contribution in [2.45, 2.75) is 62.6 Å². The number of nitrogens with one attached hydrogen (secondary N) is 1. The average Bonchev–Trinajstić information content (AvgIpc) is 3.19. The van der Waals surface area contributed by atoms with E-state index in [9.17, 15) is 13.2 Å². The van der Waals surface area contributed by atoms with E-state index in [-0.39, 0.29) is 15.4 Å². The van der Waals surface area contributed by atoms with Crippen LogP contribution in [0.25, 0.3) is 0 Å². The van der Waals surface area contributed by atoms with Gasteiger partial charge in [0.25, 0.3) is 10.0 Å². The van der Waals surface area contributed by atoms with Gasteiger partial charge in [-0.2, -0.15) is 0 Å². The van der Waals surface area contributed by atoms with Crippen LogP contribution in [-0.2, 0) is 14.8 Å². The van der Waals surface area contributed by atoms with Gasteiger partial charge in [0.1, 0.15) is 0 Å². The number of unbranched alkanes of at least 4 members (excludes halogenated alkanes) is 1. The van der Waals surface area contributed by atoms with Crippen LogP contribution in [0, 0.1) is 0 Å². The van der Waals surface area contributed by atoms with Crippen molar-refractivity contribution < 1.29 is 13.2 Å². The van der Waals surface area contributed by atoms with Gasteiger partial charge in [-0.1, -0.05) is 79.0 Å². The molecule has 0 fully saturated rings. The Morgan fingerprint density at radius 2 is 1.42 bits per heavy atom. The number of amides is 1. The molecular formula is C22H32N4O3S2. The molecule has 0 radical (unpaired) electrons. The van der Waals surface area contributed by atoms with Gasteiger partial charge in [0.2, 0.25) is 15.4 Å². The molecule has 3 N–H and O–H groups in total. The Morgan fingerprint density at radius 3 is 1.90 bits per heavy atom. The molecule has 0 saturated heterocycles. The highest BCUT2D eigenvalue weighted by Gasteiger charge is 2.16. The molecule has 0 atom stereocenters. The van der Waals surface area contributed by atoms with Crippen LogP contribution < -0.4 is 10.5 Å². The van der Waals surface area contributed by atoms with Gasteiger partial charge >= 0.3 is 0 Å². The zero-order chi connectivity index (χ0) is 22.8. The van der Waals surface area contributed by atoms with Crippen LogP contribution in [0.3, 0.4) is 0 Å². The molecule has 170 valence electrons. The molecule has 0 spiro atoms. The van der Waals surface area contributed by atoms with Gasteiger partial charge in [-0.05, 0) is 44.9 Å². The topological polar surface area (TPSA) is 115 Å². The lowest BCUT2D eigenvalue weighted by molar-refractivity contribution is -0.116. The van der Waals surface area contributed by atoms with Crippen molar-refractivity contribution in [3.63, 3.8) is 0 Å². The summed E-state index contributed by atoms with van der Waals surface area (Å²) in [6, 6.07) is 0. The molecule has 7 nitrogen and oxygen atoms in total. The van der Waals surface area contributed by atoms with E-state index in [0.29, 0.717) is 12.8 Å². The molecule has 0 aliphatic carbocycles. The fourth-order valence-corrected chi connectivity index (χ4v) is 3.66. The first kappa shape index (κ1) is 26.7. The summed E-state index contributed by atoms with van der Waals surface area (Å²) < 4.78 is 21.9. The predicted octanol–water partition coefficient (Wildman–Crippen LogP) is 5.05. The van der Waals surface area contributed by atoms with Gasteiger partial charge in [-0.25, -0.2) is 13.6 Å². The van der Waals surface area contributed by atoms with Crippen LogP contribution in [0.15, 0.2) is 65.1 Å². The first-order valence-corrected chi connectivity index (χ1v) is 12.7. The van der Waals surface area contributed by atoms with Crippen molar-refractivity contribution in [1.29, 1.82) is 0 Å². The molecule has 1 amide bonds. The summed E-state index contributed by atoms with van der Waals surface area (Å²) >= 11 is 0.734. The van der Waals surface area contributed by atoms with E-state index >= 15 is 0 Å². The summed E-state index contributed by atoms with van der Waals surface area (Å²) in [5, 5.41) is 14.6. The van der Waals surface area contributed by atoms with Crippen molar-refractivity contribution in [3.8, 4) is 0 Å². The Hall–Kier alpha value is -2.36. The van der Waals surface area contributed by atoms with Gasteiger partial charge in [0, 0.05) is 6.42 Å². The van der Waals surface area contributed by atoms with Gasteiger partial charge in [0.05, 0.1) is 0 Å². The largest absolute Gasteiger partial charge is 0.301 e. The number of nitrogens with zero attached hydrogens (tertiary/aromatic N) is 2. The second-order valence-corrected chi connectivity index (χ2v) is 9.28. The predicted molar refractivity (Wildman–Crippen MR) is 128 cm³/mol. The van der Waals surface area contributed by atoms with E-state index in [4.69, 9.17) is 5.14 Å². The minimum Gasteiger partial charge on any atom is -0.301 e. The van der Waals surface area contributed by atoms with Crippen molar-refractivity contribution in [3.05, 3.63) is 60.8 Å². The van der Waals surface area contributed by atoms with E-state index in [2.05, 4.69) is 83.2 Å². The minimum absolute atomic E-state index is 0.129. The number of carbonyl (C=O) groups is 1. The Bertz CT molecular complexity index is 898. The number of rotatable bonds is 15. The fourth-order valence-electron chi connectivity index (χ4n) is 2.31. The highest BCUT2D eigenvalue weighted by molar-refractivity contribution is 7.91. The normalized spacial score (nSPS) is 13.0. The number of hydrogen-bond donors (Lipinski definition) is 2. The molecule has 31 heavy (non-hydrogen) atoms. The minimum atomic E-state index is -3.89. The van der Waals surface area contributed by atoms with Crippen LogP contribution in [0.5, 0.6) is 0 Å². The third kappa shape index (κ3) is 14.3. The summed E-state index contributed by atoms with van der Waals surface area (Å²) in [6.45, 7) is 2.13. The van der Waals surface area contributed by atoms with E-state index in [1.165, 1.54) is 0 Å². The lowest BCUT2D eigenvalue weighted by Crippen LogP contribution is -2.11. The van der Waals surface area contributed by atoms with Crippen molar-refractivity contribution in [1.82, 2.24) is 10.2 Å². The smallest absolute Gasteiger partial charge is 0.267 e. The summed E-state index contributed by atoms with van der Waals surface area (Å²) in [6.07, 6.45) is 28.1. The highest BCUT2D eigenvalue weighted by atomic mass is 32.2. The number of hydrogen-bond acceptors (Lipinski definition) is 6. The Labute approximate surface area is 189 Å². The lowest BCUT2D eigenvalue weighted by atomic mass is 10.2. The Morgan fingerprint density at radius 1 is 0.903 bits per heavy atom. The number of anilines is 1. The molecule has 1 rings (SSSR count). The summed E-state index contributed by atoms with van der Waals surface area (Å²) in [4.78, 5) is 11.8. The van der Waals surface area contributed by atoms with Crippen LogP contribution in [-0.4, -0.2) is 24.5 Å². The third-order valence-electron chi connectivity index (χ3n) is 3.83. The van der Waals surface area contributed by atoms with E-state index in [1.807, 2.05) is 0 Å². The van der Waals surface area contributed by atoms with Crippen LogP contribution >= 0.6 is 11.3 Å². The third-order valence-corrected chi connectivity index (χ3v) is 5.98. The van der Waals surface area contributed by atoms with Crippen molar-refractivity contribution >= 4 is 32.4 Å². The zero-order valence-electron chi connectivity index (χ0n) is 17.9. The number of primary sulfonamides is 1. The molecule has 0 aromatic carbocycles. The van der Waals surface area contributed by atoms with Crippen molar-refractivity contribution in [2.24, 2.45) is 5.14 Å². The zero-order valence-corrected chi connectivity index (χ0v) is 19.6. The monoisotopic (exact) mass is 464 g/mol. The molecular weight excluding hydrogens is 432 g/mol. The molecule has 0 saturated carbocycles. The quantitative estimate of drug-likeness (QED) is 0.214. The fraction of sp³-hybridized carbons (Fsp3) is 0.409. The summed E-state index contributed by atoms with van der Waals surface area (Å²) in [7, 11) is -3.89. The first-order valence-electron chi connectivity index (χ1n) is 10.3. The van der Waals surface area contributed by atoms with Gasteiger partial charge in [-0.3, -0.25) is 4.79 Å². The van der Waals surface area contributed by atoms with E-state index < -0.39 is 10.0 Å². The molecule has 1 aromatic heterocycles. The molecule has 0 unspecified atom stereocenters. The maximum Gasteiger partial charge on any atom is 0.267 e. The maximum absolute atomic E-state index is 11.8. The van der Waals surface area contributed by atoms with Gasteiger partial charge < -0.3 is 5.32 Å². The second kappa shape index (κ2) is 16.3. The van der Waals surface area contributed by atoms with Crippen LogP contribution in [0.2, 0.25) is 0 Å². The lowest BCUT2D eigenvalue weighted by Gasteiger charge is -1.98. The van der Waals surface area contributed by atoms with Crippen LogP contribution in [0.1, 0.15) is 58.3 Å². The van der Waals surface area contributed by atoms with Gasteiger partial charge in [-0.15, -0.1) is 10.2 Å². The number of aromatic nitrogens is 2. The molecule has 0 aliphatic rings. The first-order chi connectivity index (χ1) is 14.9. The number of carbonyl (C=O) groups excluding carboxylic acids is 1. The highest BCUT2D eigenvalue weighted by Crippen LogP contribution is 2.18. The van der Waals surface area contributed by atoms with Gasteiger partial charge in [0.15, 0.2) is 0 Å². The maximum atomic E-state index is 11.8. The standard InChI is InChI=1S/C22H32N4O3S2/c1-2-3-4-5-6-7-8-9-10-11-12-13-14-15-16-17-18-19-20(27)24-21-25-26-22(30-21)31(23,28)29/h3-4,6-7,9-10,12-13,15-16H,2,5,8,11,14,17-19H2,1H3,(H2,23,28,29)(H,24,25,27)/b4-3-,7-6-,10-9-,13-12-,16-15-. The Kier molecular flexibility index (Phi) is 14.1. The Balaban J connectivity index is 2.07. The molecule has 0 bridgehead atoms. The molecule has 9 heteroatoms.